The Kier molecular flexibility index (Phi) is 3.23. The van der Waals surface area contributed by atoms with Crippen LogP contribution in [0, 0.1) is 6.92 Å². The van der Waals surface area contributed by atoms with E-state index in [0.717, 1.165) is 5.56 Å². The Morgan fingerprint density at radius 1 is 1.42 bits per heavy atom. The van der Waals surface area contributed by atoms with Gasteiger partial charge in [-0.25, -0.2) is 0 Å². The third-order valence-electron chi connectivity index (χ3n) is 1.51. The molecule has 2 heteroatoms. The molecule has 0 N–H and O–H groups in total. The quantitative estimate of drug-likeness (QED) is 0.685. The highest BCUT2D eigenvalue weighted by Gasteiger charge is 1.96. The Hall–Kier alpha value is -0.890. The van der Waals surface area contributed by atoms with Gasteiger partial charge in [-0.3, -0.25) is 4.98 Å². The van der Waals surface area contributed by atoms with Crippen LogP contribution in [0.25, 0.3) is 0 Å². The van der Waals surface area contributed by atoms with Crippen LogP contribution >= 0.6 is 0 Å². The predicted octanol–water partition coefficient (Wildman–Crippen LogP) is 2.32. The second-order valence-corrected chi connectivity index (χ2v) is 3.23. The summed E-state index contributed by atoms with van der Waals surface area (Å²) in [7, 11) is 0. The Morgan fingerprint density at radius 3 is 2.75 bits per heavy atom. The molecule has 0 unspecified atom stereocenters. The first-order chi connectivity index (χ1) is 5.68. The predicted molar refractivity (Wildman–Crippen MR) is 48.9 cm³/mol. The second kappa shape index (κ2) is 4.21. The fourth-order valence-corrected chi connectivity index (χ4v) is 0.959. The zero-order valence-corrected chi connectivity index (χ0v) is 7.87. The molecule has 1 rings (SSSR count). The normalized spacial score (nSPS) is 10.7. The van der Waals surface area contributed by atoms with Gasteiger partial charge in [0.05, 0.1) is 12.7 Å². The van der Waals surface area contributed by atoms with E-state index in [1.165, 1.54) is 5.56 Å². The van der Waals surface area contributed by atoms with Gasteiger partial charge in [0.1, 0.15) is 0 Å². The second-order valence-electron chi connectivity index (χ2n) is 3.23. The molecule has 0 atom stereocenters. The maximum atomic E-state index is 5.44. The van der Waals surface area contributed by atoms with Crippen molar-refractivity contribution in [3.05, 3.63) is 29.6 Å². The van der Waals surface area contributed by atoms with Gasteiger partial charge < -0.3 is 4.74 Å². The zero-order valence-electron chi connectivity index (χ0n) is 7.87. The van der Waals surface area contributed by atoms with E-state index in [-0.39, 0.29) is 6.10 Å². The van der Waals surface area contributed by atoms with Crippen LogP contribution in [-0.4, -0.2) is 11.1 Å². The molecule has 0 fully saturated rings. The fourth-order valence-electron chi connectivity index (χ4n) is 0.959. The van der Waals surface area contributed by atoms with Crippen molar-refractivity contribution in [2.24, 2.45) is 0 Å². The molecule has 0 saturated carbocycles. The summed E-state index contributed by atoms with van der Waals surface area (Å²) in [5.41, 5.74) is 2.32. The third kappa shape index (κ3) is 3.01. The van der Waals surface area contributed by atoms with Crippen molar-refractivity contribution >= 4 is 0 Å². The average Bonchev–Trinajstić information content (AvgIpc) is 2.01. The van der Waals surface area contributed by atoms with Crippen LogP contribution in [0.1, 0.15) is 25.0 Å². The number of pyridine rings is 1. The van der Waals surface area contributed by atoms with Gasteiger partial charge in [-0.05, 0) is 31.9 Å². The van der Waals surface area contributed by atoms with Crippen molar-refractivity contribution in [3.63, 3.8) is 0 Å². The number of nitrogens with zero attached hydrogens (tertiary/aromatic N) is 1. The first-order valence-electron chi connectivity index (χ1n) is 4.20. The van der Waals surface area contributed by atoms with E-state index in [1.807, 2.05) is 33.2 Å². The summed E-state index contributed by atoms with van der Waals surface area (Å²) in [4.78, 5) is 4.08. The topological polar surface area (TPSA) is 22.1 Å². The Labute approximate surface area is 73.6 Å². The van der Waals surface area contributed by atoms with Crippen LogP contribution in [-0.2, 0) is 11.3 Å². The largest absolute Gasteiger partial charge is 0.374 e. The van der Waals surface area contributed by atoms with Gasteiger partial charge in [0.2, 0.25) is 0 Å². The van der Waals surface area contributed by atoms with Crippen LogP contribution in [0.3, 0.4) is 0 Å². The van der Waals surface area contributed by atoms with Gasteiger partial charge in [0, 0.05) is 12.4 Å². The summed E-state index contributed by atoms with van der Waals surface area (Å²) in [5, 5.41) is 0. The Bertz CT molecular complexity index is 245. The van der Waals surface area contributed by atoms with Crippen molar-refractivity contribution in [2.45, 2.75) is 33.5 Å². The third-order valence-corrected chi connectivity index (χ3v) is 1.51. The average molecular weight is 165 g/mol. The monoisotopic (exact) mass is 165 g/mol. The molecule has 66 valence electrons. The standard InChI is InChI=1S/C10H15NO/c1-8(2)12-7-10-4-9(3)5-11-6-10/h4-6,8H,7H2,1-3H3. The molecule has 2 nitrogen and oxygen atoms in total. The molecule has 1 heterocycles. The molecule has 0 amide bonds. The summed E-state index contributed by atoms with van der Waals surface area (Å²) in [6.07, 6.45) is 3.97. The van der Waals surface area contributed by atoms with Crippen LogP contribution in [0.5, 0.6) is 0 Å². The number of ether oxygens (including phenoxy) is 1. The maximum absolute atomic E-state index is 5.44. The number of aromatic nitrogens is 1. The van der Waals surface area contributed by atoms with Gasteiger partial charge >= 0.3 is 0 Å². The molecule has 0 radical (unpaired) electrons. The lowest BCUT2D eigenvalue weighted by Gasteiger charge is -2.06. The number of rotatable bonds is 3. The molecular weight excluding hydrogens is 150 g/mol. The molecule has 0 aliphatic carbocycles. The maximum Gasteiger partial charge on any atom is 0.0735 e. The molecule has 0 aliphatic rings. The molecular formula is C10H15NO. The first kappa shape index (κ1) is 9.20. The van der Waals surface area contributed by atoms with E-state index < -0.39 is 0 Å². The minimum Gasteiger partial charge on any atom is -0.374 e. The Morgan fingerprint density at radius 2 is 2.17 bits per heavy atom. The Balaban J connectivity index is 2.52. The molecule has 0 saturated heterocycles. The van der Waals surface area contributed by atoms with E-state index in [1.54, 1.807) is 0 Å². The molecule has 0 aromatic carbocycles. The van der Waals surface area contributed by atoms with Crippen LogP contribution in [0.15, 0.2) is 18.5 Å². The molecule has 1 aromatic heterocycles. The number of aryl methyl sites for hydroxylation is 1. The van der Waals surface area contributed by atoms with Crippen molar-refractivity contribution in [3.8, 4) is 0 Å². The highest BCUT2D eigenvalue weighted by atomic mass is 16.5. The van der Waals surface area contributed by atoms with E-state index in [2.05, 4.69) is 11.1 Å². The van der Waals surface area contributed by atoms with Crippen molar-refractivity contribution < 1.29 is 4.74 Å². The molecule has 12 heavy (non-hydrogen) atoms. The lowest BCUT2D eigenvalue weighted by molar-refractivity contribution is 0.0655. The fraction of sp³-hybridized carbons (Fsp3) is 0.500. The van der Waals surface area contributed by atoms with Crippen LogP contribution in [0.2, 0.25) is 0 Å². The van der Waals surface area contributed by atoms with Crippen molar-refractivity contribution in [2.75, 3.05) is 0 Å². The van der Waals surface area contributed by atoms with Crippen molar-refractivity contribution in [1.82, 2.24) is 4.98 Å². The smallest absolute Gasteiger partial charge is 0.0735 e. The number of hydrogen-bond donors (Lipinski definition) is 0. The SMILES string of the molecule is Cc1cncc(COC(C)C)c1. The highest BCUT2D eigenvalue weighted by Crippen LogP contribution is 2.04. The van der Waals surface area contributed by atoms with Gasteiger partial charge in [-0.1, -0.05) is 6.07 Å². The summed E-state index contributed by atoms with van der Waals surface area (Å²) in [6, 6.07) is 2.09. The molecule has 0 bridgehead atoms. The molecule has 1 aromatic rings. The van der Waals surface area contributed by atoms with Gasteiger partial charge in [-0.2, -0.15) is 0 Å². The molecule has 0 spiro atoms. The minimum absolute atomic E-state index is 0.283. The molecule has 0 aliphatic heterocycles. The van der Waals surface area contributed by atoms with E-state index in [0.29, 0.717) is 6.61 Å². The lowest BCUT2D eigenvalue weighted by atomic mass is 10.2. The zero-order chi connectivity index (χ0) is 8.97. The van der Waals surface area contributed by atoms with Crippen LogP contribution < -0.4 is 0 Å². The highest BCUT2D eigenvalue weighted by molar-refractivity contribution is 5.15. The summed E-state index contributed by atoms with van der Waals surface area (Å²) < 4.78 is 5.44. The minimum atomic E-state index is 0.283. The van der Waals surface area contributed by atoms with Crippen LogP contribution in [0.4, 0.5) is 0 Å². The van der Waals surface area contributed by atoms with Crippen molar-refractivity contribution in [1.29, 1.82) is 0 Å². The van der Waals surface area contributed by atoms with E-state index in [9.17, 15) is 0 Å². The lowest BCUT2D eigenvalue weighted by Crippen LogP contribution is -2.02. The summed E-state index contributed by atoms with van der Waals surface area (Å²) >= 11 is 0. The van der Waals surface area contributed by atoms with E-state index >= 15 is 0 Å². The van der Waals surface area contributed by atoms with Gasteiger partial charge in [0.15, 0.2) is 0 Å². The summed E-state index contributed by atoms with van der Waals surface area (Å²) in [6.45, 7) is 6.75. The number of hydrogen-bond acceptors (Lipinski definition) is 2. The summed E-state index contributed by atoms with van der Waals surface area (Å²) in [5.74, 6) is 0. The van der Waals surface area contributed by atoms with Gasteiger partial charge in [-0.15, -0.1) is 0 Å². The van der Waals surface area contributed by atoms with E-state index in [4.69, 9.17) is 4.74 Å². The van der Waals surface area contributed by atoms with Gasteiger partial charge in [0.25, 0.3) is 0 Å². The first-order valence-corrected chi connectivity index (χ1v) is 4.20.